The monoisotopic (exact) mass is 305 g/mol. The van der Waals surface area contributed by atoms with Crippen LogP contribution in [-0.4, -0.2) is 16.6 Å². The van der Waals surface area contributed by atoms with E-state index >= 15 is 0 Å². The van der Waals surface area contributed by atoms with Crippen molar-refractivity contribution in [2.24, 2.45) is 0 Å². The summed E-state index contributed by atoms with van der Waals surface area (Å²) in [5.41, 5.74) is 1.13. The zero-order chi connectivity index (χ0) is 15.1. The van der Waals surface area contributed by atoms with Gasteiger partial charge in [0, 0.05) is 19.0 Å². The predicted molar refractivity (Wildman–Crippen MR) is 86.0 cm³/mol. The molecule has 2 rings (SSSR count). The summed E-state index contributed by atoms with van der Waals surface area (Å²) in [4.78, 5) is 8.67. The Morgan fingerprint density at radius 3 is 2.81 bits per heavy atom. The number of aryl methyl sites for hydroxylation is 1. The van der Waals surface area contributed by atoms with Crippen molar-refractivity contribution in [2.75, 3.05) is 11.9 Å². The molecule has 0 amide bonds. The molecule has 0 saturated heterocycles. The van der Waals surface area contributed by atoms with Gasteiger partial charge in [-0.05, 0) is 31.0 Å². The number of aromatic nitrogens is 2. The fraction of sp³-hybridized carbons (Fsp3) is 0.375. The molecule has 0 saturated carbocycles. The van der Waals surface area contributed by atoms with Gasteiger partial charge in [0.25, 0.3) is 0 Å². The van der Waals surface area contributed by atoms with Crippen molar-refractivity contribution < 1.29 is 4.74 Å². The molecule has 0 radical (unpaired) electrons. The molecule has 0 fully saturated rings. The number of hydrogen-bond acceptors (Lipinski definition) is 4. The number of anilines is 1. The summed E-state index contributed by atoms with van der Waals surface area (Å²) in [6, 6.07) is 9.75. The highest BCUT2D eigenvalue weighted by Gasteiger charge is 2.03. The maximum absolute atomic E-state index is 6.02. The van der Waals surface area contributed by atoms with Crippen LogP contribution < -0.4 is 10.1 Å². The lowest BCUT2D eigenvalue weighted by Gasteiger charge is -2.09. The van der Waals surface area contributed by atoms with Gasteiger partial charge in [-0.3, -0.25) is 0 Å². The highest BCUT2D eigenvalue weighted by Crippen LogP contribution is 2.16. The standard InChI is InChI=1S/C16H20ClN3O/c1-3-6-15-19-14(17)10-16(20-15)18-11-12-7-5-8-13(9-12)21-4-2/h5,7-10H,3-4,6,11H2,1-2H3,(H,18,19,20). The van der Waals surface area contributed by atoms with Crippen LogP contribution in [0.15, 0.2) is 30.3 Å². The fourth-order valence-electron chi connectivity index (χ4n) is 2.00. The molecule has 0 aliphatic rings. The van der Waals surface area contributed by atoms with Gasteiger partial charge in [0.15, 0.2) is 0 Å². The largest absolute Gasteiger partial charge is 0.494 e. The smallest absolute Gasteiger partial charge is 0.134 e. The minimum atomic E-state index is 0.471. The minimum absolute atomic E-state index is 0.471. The summed E-state index contributed by atoms with van der Waals surface area (Å²) in [6.45, 7) is 5.40. The van der Waals surface area contributed by atoms with Crippen molar-refractivity contribution >= 4 is 17.4 Å². The zero-order valence-corrected chi connectivity index (χ0v) is 13.2. The second-order valence-electron chi connectivity index (χ2n) is 4.68. The lowest BCUT2D eigenvalue weighted by molar-refractivity contribution is 0.340. The zero-order valence-electron chi connectivity index (χ0n) is 12.4. The average Bonchev–Trinajstić information content (AvgIpc) is 2.46. The number of rotatable bonds is 7. The molecule has 0 aliphatic carbocycles. The summed E-state index contributed by atoms with van der Waals surface area (Å²) in [5, 5.41) is 3.75. The molecule has 0 bridgehead atoms. The van der Waals surface area contributed by atoms with E-state index in [-0.39, 0.29) is 0 Å². The second-order valence-corrected chi connectivity index (χ2v) is 5.06. The maximum Gasteiger partial charge on any atom is 0.134 e. The molecule has 1 aromatic heterocycles. The summed E-state index contributed by atoms with van der Waals surface area (Å²) < 4.78 is 5.49. The van der Waals surface area contributed by atoms with Crippen LogP contribution in [0.2, 0.25) is 5.15 Å². The number of halogens is 1. The van der Waals surface area contributed by atoms with Crippen molar-refractivity contribution in [2.45, 2.75) is 33.2 Å². The summed E-state index contributed by atoms with van der Waals surface area (Å²) in [7, 11) is 0. The number of nitrogens with zero attached hydrogens (tertiary/aromatic N) is 2. The average molecular weight is 306 g/mol. The van der Waals surface area contributed by atoms with Crippen molar-refractivity contribution in [3.63, 3.8) is 0 Å². The molecular formula is C16H20ClN3O. The fourth-order valence-corrected chi connectivity index (χ4v) is 2.20. The van der Waals surface area contributed by atoms with Crippen LogP contribution in [0.5, 0.6) is 5.75 Å². The Balaban J connectivity index is 2.03. The van der Waals surface area contributed by atoms with Crippen LogP contribution in [0.1, 0.15) is 31.7 Å². The normalized spacial score (nSPS) is 10.4. The van der Waals surface area contributed by atoms with Gasteiger partial charge in [-0.15, -0.1) is 0 Å². The number of nitrogens with one attached hydrogen (secondary N) is 1. The molecule has 1 aromatic carbocycles. The van der Waals surface area contributed by atoms with Crippen LogP contribution in [0.25, 0.3) is 0 Å². The Kier molecular flexibility index (Phi) is 5.81. The van der Waals surface area contributed by atoms with E-state index in [9.17, 15) is 0 Å². The molecule has 0 atom stereocenters. The maximum atomic E-state index is 6.02. The van der Waals surface area contributed by atoms with Gasteiger partial charge >= 0.3 is 0 Å². The second kappa shape index (κ2) is 7.84. The van der Waals surface area contributed by atoms with Crippen LogP contribution in [0.4, 0.5) is 5.82 Å². The van der Waals surface area contributed by atoms with Crippen molar-refractivity contribution in [3.8, 4) is 5.75 Å². The molecule has 112 valence electrons. The Bertz CT molecular complexity index is 589. The molecule has 1 heterocycles. The van der Waals surface area contributed by atoms with Crippen molar-refractivity contribution in [3.05, 3.63) is 46.9 Å². The van der Waals surface area contributed by atoms with Crippen LogP contribution >= 0.6 is 11.6 Å². The lowest BCUT2D eigenvalue weighted by Crippen LogP contribution is -2.05. The van der Waals surface area contributed by atoms with Crippen molar-refractivity contribution in [1.82, 2.24) is 9.97 Å². The quantitative estimate of drug-likeness (QED) is 0.783. The van der Waals surface area contributed by atoms with Gasteiger partial charge in [-0.25, -0.2) is 9.97 Å². The van der Waals surface area contributed by atoms with Crippen LogP contribution in [0.3, 0.4) is 0 Å². The highest BCUT2D eigenvalue weighted by molar-refractivity contribution is 6.29. The molecule has 0 unspecified atom stereocenters. The van der Waals surface area contributed by atoms with Crippen LogP contribution in [-0.2, 0) is 13.0 Å². The molecule has 4 nitrogen and oxygen atoms in total. The molecule has 0 spiro atoms. The first kappa shape index (κ1) is 15.6. The molecular weight excluding hydrogens is 286 g/mol. The third kappa shape index (κ3) is 4.90. The lowest BCUT2D eigenvalue weighted by atomic mass is 10.2. The van der Waals surface area contributed by atoms with E-state index in [2.05, 4.69) is 22.2 Å². The van der Waals surface area contributed by atoms with E-state index in [0.29, 0.717) is 18.3 Å². The Morgan fingerprint density at radius 2 is 2.05 bits per heavy atom. The van der Waals surface area contributed by atoms with E-state index in [4.69, 9.17) is 16.3 Å². The number of hydrogen-bond donors (Lipinski definition) is 1. The van der Waals surface area contributed by atoms with Crippen LogP contribution in [0, 0.1) is 0 Å². The third-order valence-electron chi connectivity index (χ3n) is 2.90. The van der Waals surface area contributed by atoms with Crippen molar-refractivity contribution in [1.29, 1.82) is 0 Å². The Morgan fingerprint density at radius 1 is 1.19 bits per heavy atom. The number of ether oxygens (including phenoxy) is 1. The van der Waals surface area contributed by atoms with Gasteiger partial charge in [0.05, 0.1) is 6.61 Å². The third-order valence-corrected chi connectivity index (χ3v) is 3.09. The summed E-state index contributed by atoms with van der Waals surface area (Å²) in [6.07, 6.45) is 1.82. The molecule has 2 aromatic rings. The predicted octanol–water partition coefficient (Wildman–Crippen LogP) is 4.09. The van der Waals surface area contributed by atoms with Gasteiger partial charge in [0.2, 0.25) is 0 Å². The Hall–Kier alpha value is -1.81. The minimum Gasteiger partial charge on any atom is -0.494 e. The van der Waals surface area contributed by atoms with E-state index in [1.54, 1.807) is 6.07 Å². The van der Waals surface area contributed by atoms with E-state index in [1.165, 1.54) is 0 Å². The summed E-state index contributed by atoms with van der Waals surface area (Å²) >= 11 is 6.02. The first-order chi connectivity index (χ1) is 10.2. The van der Waals surface area contributed by atoms with Gasteiger partial charge < -0.3 is 10.1 Å². The van der Waals surface area contributed by atoms with E-state index < -0.39 is 0 Å². The van der Waals surface area contributed by atoms with E-state index in [1.807, 2.05) is 31.2 Å². The molecule has 21 heavy (non-hydrogen) atoms. The molecule has 5 heteroatoms. The van der Waals surface area contributed by atoms with E-state index in [0.717, 1.165) is 35.8 Å². The highest BCUT2D eigenvalue weighted by atomic mass is 35.5. The topological polar surface area (TPSA) is 47.0 Å². The molecule has 0 aliphatic heterocycles. The Labute approximate surface area is 130 Å². The first-order valence-electron chi connectivity index (χ1n) is 7.20. The summed E-state index contributed by atoms with van der Waals surface area (Å²) in [5.74, 6) is 2.40. The first-order valence-corrected chi connectivity index (χ1v) is 7.58. The van der Waals surface area contributed by atoms with Gasteiger partial charge in [0.1, 0.15) is 22.5 Å². The van der Waals surface area contributed by atoms with Gasteiger partial charge in [-0.2, -0.15) is 0 Å². The van der Waals surface area contributed by atoms with Gasteiger partial charge in [-0.1, -0.05) is 30.7 Å². The molecule has 1 N–H and O–H groups in total. The SMILES string of the molecule is CCCc1nc(Cl)cc(NCc2cccc(OCC)c2)n1. The number of benzene rings is 1.